The number of nitrogens with zero attached hydrogens (tertiary/aromatic N) is 1. The van der Waals surface area contributed by atoms with Gasteiger partial charge in [-0.1, -0.05) is 13.8 Å². The quantitative estimate of drug-likeness (QED) is 0.892. The van der Waals surface area contributed by atoms with Gasteiger partial charge >= 0.3 is 0 Å². The summed E-state index contributed by atoms with van der Waals surface area (Å²) in [6.45, 7) is 6.48. The van der Waals surface area contributed by atoms with E-state index in [4.69, 9.17) is 10.5 Å². The molecule has 4 heteroatoms. The third kappa shape index (κ3) is 2.81. The Kier molecular flexibility index (Phi) is 4.07. The predicted octanol–water partition coefficient (Wildman–Crippen LogP) is 2.99. The van der Waals surface area contributed by atoms with Crippen LogP contribution >= 0.6 is 0 Å². The van der Waals surface area contributed by atoms with Crippen LogP contribution in [0.25, 0.3) is 0 Å². The van der Waals surface area contributed by atoms with E-state index in [0.717, 1.165) is 31.2 Å². The number of rotatable bonds is 3. The number of aliphatic hydroxyl groups is 1. The summed E-state index contributed by atoms with van der Waals surface area (Å²) in [5, 5.41) is 10.8. The van der Waals surface area contributed by atoms with Crippen molar-refractivity contribution in [2.24, 2.45) is 5.41 Å². The van der Waals surface area contributed by atoms with Gasteiger partial charge in [0.25, 0.3) is 0 Å². The van der Waals surface area contributed by atoms with E-state index in [1.807, 2.05) is 13.0 Å². The fourth-order valence-electron chi connectivity index (χ4n) is 3.04. The molecule has 1 unspecified atom stereocenters. The van der Waals surface area contributed by atoms with Crippen LogP contribution in [-0.4, -0.2) is 22.8 Å². The van der Waals surface area contributed by atoms with Gasteiger partial charge in [-0.15, -0.1) is 0 Å². The monoisotopic (exact) mass is 278 g/mol. The number of hydrogen-bond acceptors (Lipinski definition) is 4. The van der Waals surface area contributed by atoms with Crippen molar-refractivity contribution in [1.82, 2.24) is 4.98 Å². The van der Waals surface area contributed by atoms with E-state index in [9.17, 15) is 5.11 Å². The molecule has 3 N–H and O–H groups in total. The van der Waals surface area contributed by atoms with Gasteiger partial charge in [-0.2, -0.15) is 0 Å². The van der Waals surface area contributed by atoms with Crippen LogP contribution in [0.1, 0.15) is 56.8 Å². The van der Waals surface area contributed by atoms with E-state index in [2.05, 4.69) is 18.8 Å². The second-order valence-corrected chi connectivity index (χ2v) is 6.82. The largest absolute Gasteiger partial charge is 0.385 e. The molecular formula is C16H26N2O2. The van der Waals surface area contributed by atoms with Crippen molar-refractivity contribution in [3.05, 3.63) is 23.4 Å². The van der Waals surface area contributed by atoms with Gasteiger partial charge in [0.05, 0.1) is 5.60 Å². The number of aromatic nitrogens is 1. The first-order valence-corrected chi connectivity index (χ1v) is 7.25. The maximum absolute atomic E-state index is 10.8. The Morgan fingerprint density at radius 3 is 2.45 bits per heavy atom. The Morgan fingerprint density at radius 1 is 1.30 bits per heavy atom. The highest BCUT2D eigenvalue weighted by molar-refractivity contribution is 5.43. The maximum Gasteiger partial charge on any atom is 0.129 e. The molecule has 0 amide bonds. The second-order valence-electron chi connectivity index (χ2n) is 6.82. The van der Waals surface area contributed by atoms with Gasteiger partial charge in [-0.05, 0) is 49.7 Å². The Bertz CT molecular complexity index is 475. The van der Waals surface area contributed by atoms with E-state index in [1.54, 1.807) is 13.3 Å². The number of ether oxygens (including phenoxy) is 1. The average molecular weight is 278 g/mol. The van der Waals surface area contributed by atoms with Crippen LogP contribution in [0.5, 0.6) is 0 Å². The van der Waals surface area contributed by atoms with Crippen LogP contribution in [0, 0.1) is 12.3 Å². The molecule has 1 aromatic rings. The molecule has 1 aromatic heterocycles. The molecular weight excluding hydrogens is 252 g/mol. The van der Waals surface area contributed by atoms with E-state index < -0.39 is 11.7 Å². The SMILES string of the molecule is COC1(C(O)c2cc(C)cnc2N)CCC(C)(C)CC1. The van der Waals surface area contributed by atoms with Crippen LogP contribution in [-0.2, 0) is 4.74 Å². The summed E-state index contributed by atoms with van der Waals surface area (Å²) in [6, 6.07) is 1.91. The third-order valence-corrected chi connectivity index (χ3v) is 4.74. The number of nitrogen functional groups attached to an aromatic ring is 1. The zero-order valence-corrected chi connectivity index (χ0v) is 12.9. The lowest BCUT2D eigenvalue weighted by Crippen LogP contribution is -2.44. The molecule has 1 aliphatic carbocycles. The number of methoxy groups -OCH3 is 1. The van der Waals surface area contributed by atoms with Gasteiger partial charge in [0.2, 0.25) is 0 Å². The third-order valence-electron chi connectivity index (χ3n) is 4.74. The number of aryl methyl sites for hydroxylation is 1. The summed E-state index contributed by atoms with van der Waals surface area (Å²) >= 11 is 0. The average Bonchev–Trinajstić information content (AvgIpc) is 2.41. The number of aliphatic hydroxyl groups excluding tert-OH is 1. The minimum Gasteiger partial charge on any atom is -0.385 e. The van der Waals surface area contributed by atoms with Crippen LogP contribution in [0.3, 0.4) is 0 Å². The topological polar surface area (TPSA) is 68.4 Å². The molecule has 1 aliphatic rings. The number of hydrogen-bond donors (Lipinski definition) is 2. The molecule has 2 rings (SSSR count). The molecule has 0 radical (unpaired) electrons. The molecule has 0 saturated heterocycles. The molecule has 1 heterocycles. The van der Waals surface area contributed by atoms with Crippen molar-refractivity contribution in [2.45, 2.75) is 58.2 Å². The first kappa shape index (κ1) is 15.3. The zero-order valence-electron chi connectivity index (χ0n) is 12.9. The van der Waals surface area contributed by atoms with E-state index in [-0.39, 0.29) is 0 Å². The van der Waals surface area contributed by atoms with Crippen molar-refractivity contribution in [2.75, 3.05) is 12.8 Å². The zero-order chi connectivity index (χ0) is 15.0. The fraction of sp³-hybridized carbons (Fsp3) is 0.688. The molecule has 0 spiro atoms. The second kappa shape index (κ2) is 5.34. The number of nitrogens with two attached hydrogens (primary N) is 1. The van der Waals surface area contributed by atoms with E-state index in [1.165, 1.54) is 0 Å². The van der Waals surface area contributed by atoms with Crippen LogP contribution in [0.2, 0.25) is 0 Å². The van der Waals surface area contributed by atoms with Gasteiger partial charge in [0.15, 0.2) is 0 Å². The molecule has 0 aromatic carbocycles. The summed E-state index contributed by atoms with van der Waals surface area (Å²) in [5.74, 6) is 0.393. The lowest BCUT2D eigenvalue weighted by molar-refractivity contribution is -0.138. The lowest BCUT2D eigenvalue weighted by atomic mass is 9.68. The summed E-state index contributed by atoms with van der Waals surface area (Å²) in [6.07, 6.45) is 4.75. The van der Waals surface area contributed by atoms with Crippen molar-refractivity contribution in [1.29, 1.82) is 0 Å². The minimum absolute atomic E-state index is 0.318. The Morgan fingerprint density at radius 2 is 1.90 bits per heavy atom. The summed E-state index contributed by atoms with van der Waals surface area (Å²) < 4.78 is 5.75. The normalized spacial score (nSPS) is 22.4. The molecule has 4 nitrogen and oxygen atoms in total. The van der Waals surface area contributed by atoms with Gasteiger partial charge in [0.1, 0.15) is 11.9 Å². The molecule has 0 bridgehead atoms. The number of anilines is 1. The van der Waals surface area contributed by atoms with Crippen LogP contribution in [0.15, 0.2) is 12.3 Å². The first-order chi connectivity index (χ1) is 9.30. The van der Waals surface area contributed by atoms with E-state index in [0.29, 0.717) is 16.8 Å². The van der Waals surface area contributed by atoms with Crippen molar-refractivity contribution in [3.63, 3.8) is 0 Å². The molecule has 1 atom stereocenters. The van der Waals surface area contributed by atoms with Crippen molar-refractivity contribution < 1.29 is 9.84 Å². The number of pyridine rings is 1. The van der Waals surface area contributed by atoms with Crippen molar-refractivity contribution in [3.8, 4) is 0 Å². The summed E-state index contributed by atoms with van der Waals surface area (Å²) in [7, 11) is 1.68. The van der Waals surface area contributed by atoms with Crippen LogP contribution < -0.4 is 5.73 Å². The molecule has 1 fully saturated rings. The van der Waals surface area contributed by atoms with Gasteiger partial charge in [0, 0.05) is 18.9 Å². The molecule has 112 valence electrons. The lowest BCUT2D eigenvalue weighted by Gasteiger charge is -2.45. The Hall–Kier alpha value is -1.13. The fourth-order valence-corrected chi connectivity index (χ4v) is 3.04. The standard InChI is InChI=1S/C16H26N2O2/c1-11-9-12(14(17)18-10-11)13(19)16(20-4)7-5-15(2,3)6-8-16/h9-10,13,19H,5-8H2,1-4H3,(H2,17,18). The summed E-state index contributed by atoms with van der Waals surface area (Å²) in [4.78, 5) is 4.15. The highest BCUT2D eigenvalue weighted by atomic mass is 16.5. The van der Waals surface area contributed by atoms with Gasteiger partial charge in [-0.25, -0.2) is 4.98 Å². The first-order valence-electron chi connectivity index (χ1n) is 7.25. The Labute approximate surface area is 121 Å². The van der Waals surface area contributed by atoms with Gasteiger partial charge < -0.3 is 15.6 Å². The summed E-state index contributed by atoms with van der Waals surface area (Å²) in [5.41, 5.74) is 7.39. The van der Waals surface area contributed by atoms with Crippen molar-refractivity contribution >= 4 is 5.82 Å². The predicted molar refractivity (Wildman–Crippen MR) is 80.3 cm³/mol. The minimum atomic E-state index is -0.726. The van der Waals surface area contributed by atoms with E-state index >= 15 is 0 Å². The highest BCUT2D eigenvalue weighted by Crippen LogP contribution is 2.47. The maximum atomic E-state index is 10.8. The molecule has 1 saturated carbocycles. The highest BCUT2D eigenvalue weighted by Gasteiger charge is 2.45. The van der Waals surface area contributed by atoms with Gasteiger partial charge in [-0.3, -0.25) is 0 Å². The Balaban J connectivity index is 2.30. The molecule has 20 heavy (non-hydrogen) atoms. The smallest absolute Gasteiger partial charge is 0.129 e. The van der Waals surface area contributed by atoms with Crippen LogP contribution in [0.4, 0.5) is 5.82 Å². The molecule has 0 aliphatic heterocycles.